The summed E-state index contributed by atoms with van der Waals surface area (Å²) in [6.07, 6.45) is 10.1. The number of carbonyl (C=O) groups is 1. The molecule has 1 unspecified atom stereocenters. The van der Waals surface area contributed by atoms with Crippen LogP contribution in [0.4, 0.5) is 0 Å². The van der Waals surface area contributed by atoms with Crippen LogP contribution in [-0.4, -0.2) is 6.29 Å². The number of rotatable bonds is 2. The van der Waals surface area contributed by atoms with Crippen LogP contribution in [0.5, 0.6) is 0 Å². The van der Waals surface area contributed by atoms with Crippen molar-refractivity contribution in [2.45, 2.75) is 52.9 Å². The van der Waals surface area contributed by atoms with E-state index in [1.54, 1.807) is 5.57 Å². The van der Waals surface area contributed by atoms with Crippen molar-refractivity contribution in [1.82, 2.24) is 0 Å². The second-order valence-electron chi connectivity index (χ2n) is 6.43. The van der Waals surface area contributed by atoms with E-state index >= 15 is 0 Å². The number of carbonyl (C=O) groups excluding carboxylic acids is 1. The van der Waals surface area contributed by atoms with Gasteiger partial charge in [0.1, 0.15) is 6.29 Å². The van der Waals surface area contributed by atoms with Gasteiger partial charge < -0.3 is 4.79 Å². The van der Waals surface area contributed by atoms with Crippen LogP contribution in [-0.2, 0) is 4.79 Å². The molecule has 17 heavy (non-hydrogen) atoms. The van der Waals surface area contributed by atoms with Crippen LogP contribution in [0.2, 0.25) is 0 Å². The minimum absolute atomic E-state index is 0.247. The summed E-state index contributed by atoms with van der Waals surface area (Å²) < 4.78 is 0. The van der Waals surface area contributed by atoms with Crippen LogP contribution in [0.15, 0.2) is 11.6 Å². The quantitative estimate of drug-likeness (QED) is 0.516. The van der Waals surface area contributed by atoms with Crippen molar-refractivity contribution in [2.75, 3.05) is 0 Å². The predicted octanol–water partition coefficient (Wildman–Crippen LogP) is 4.23. The van der Waals surface area contributed by atoms with Crippen molar-refractivity contribution >= 4 is 6.29 Å². The second kappa shape index (κ2) is 5.37. The van der Waals surface area contributed by atoms with E-state index in [9.17, 15) is 4.79 Å². The highest BCUT2D eigenvalue weighted by Crippen LogP contribution is 2.44. The molecule has 2 aliphatic carbocycles. The van der Waals surface area contributed by atoms with E-state index in [-0.39, 0.29) is 5.92 Å². The number of aldehydes is 1. The second-order valence-corrected chi connectivity index (χ2v) is 6.43. The van der Waals surface area contributed by atoms with Gasteiger partial charge in [-0.25, -0.2) is 0 Å². The van der Waals surface area contributed by atoms with E-state index in [4.69, 9.17) is 0 Å². The third kappa shape index (κ3) is 2.81. The third-order valence-corrected chi connectivity index (χ3v) is 5.18. The summed E-state index contributed by atoms with van der Waals surface area (Å²) in [5.41, 5.74) is 1.57. The van der Waals surface area contributed by atoms with E-state index in [0.717, 1.165) is 24.0 Å². The maximum Gasteiger partial charge on any atom is 0.123 e. The Bertz CT molecular complexity index is 305. The predicted molar refractivity (Wildman–Crippen MR) is 71.7 cm³/mol. The maximum atomic E-state index is 11.0. The van der Waals surface area contributed by atoms with Gasteiger partial charge in [-0.3, -0.25) is 0 Å². The van der Waals surface area contributed by atoms with Crippen LogP contribution < -0.4 is 0 Å². The Morgan fingerprint density at radius 1 is 1.35 bits per heavy atom. The van der Waals surface area contributed by atoms with Gasteiger partial charge in [-0.1, -0.05) is 31.9 Å². The summed E-state index contributed by atoms with van der Waals surface area (Å²) in [5, 5.41) is 0. The summed E-state index contributed by atoms with van der Waals surface area (Å²) in [6.45, 7) is 6.78. The highest BCUT2D eigenvalue weighted by atomic mass is 16.1. The van der Waals surface area contributed by atoms with Crippen LogP contribution in [0.25, 0.3) is 0 Å². The molecule has 0 spiro atoms. The van der Waals surface area contributed by atoms with Crippen LogP contribution in [0.3, 0.4) is 0 Å². The highest BCUT2D eigenvalue weighted by molar-refractivity contribution is 5.53. The first-order valence-electron chi connectivity index (χ1n) is 7.24. The molecular weight excluding hydrogens is 208 g/mol. The van der Waals surface area contributed by atoms with Gasteiger partial charge >= 0.3 is 0 Å². The Morgan fingerprint density at radius 2 is 2.12 bits per heavy atom. The standard InChI is InChI=1S/C16H26O/c1-11-4-7-16-12(2)5-6-14(13(3)10-17)9-15(16)8-11/h8,10,12-16H,4-7,9H2,1-3H3/t12-,13?,14-,15-,16+/m1/s1. The molecule has 2 aliphatic rings. The van der Waals surface area contributed by atoms with Gasteiger partial charge in [-0.05, 0) is 56.3 Å². The van der Waals surface area contributed by atoms with Crippen molar-refractivity contribution in [3.8, 4) is 0 Å². The van der Waals surface area contributed by atoms with E-state index < -0.39 is 0 Å². The highest BCUT2D eigenvalue weighted by Gasteiger charge is 2.34. The molecule has 0 aromatic heterocycles. The summed E-state index contributed by atoms with van der Waals surface area (Å²) in [5.74, 6) is 3.33. The molecule has 0 aromatic carbocycles. The fraction of sp³-hybridized carbons (Fsp3) is 0.812. The zero-order valence-electron chi connectivity index (χ0n) is 11.5. The normalized spacial score (nSPS) is 39.8. The molecule has 0 bridgehead atoms. The molecule has 0 aliphatic heterocycles. The fourth-order valence-corrected chi connectivity index (χ4v) is 3.88. The van der Waals surface area contributed by atoms with Crippen LogP contribution >= 0.6 is 0 Å². The first-order valence-corrected chi connectivity index (χ1v) is 7.24. The molecule has 0 heterocycles. The van der Waals surface area contributed by atoms with Crippen LogP contribution in [0, 0.1) is 29.6 Å². The van der Waals surface area contributed by atoms with E-state index in [0.29, 0.717) is 5.92 Å². The van der Waals surface area contributed by atoms with Crippen molar-refractivity contribution in [1.29, 1.82) is 0 Å². The molecule has 0 saturated heterocycles. The lowest BCUT2D eigenvalue weighted by Gasteiger charge is -2.33. The summed E-state index contributed by atoms with van der Waals surface area (Å²) in [7, 11) is 0. The molecule has 1 heteroatoms. The Balaban J connectivity index is 2.15. The van der Waals surface area contributed by atoms with Crippen molar-refractivity contribution in [3.05, 3.63) is 11.6 Å². The largest absolute Gasteiger partial charge is 0.303 e. The molecule has 2 rings (SSSR count). The van der Waals surface area contributed by atoms with Crippen molar-refractivity contribution < 1.29 is 4.79 Å². The molecule has 5 atom stereocenters. The zero-order chi connectivity index (χ0) is 12.4. The molecule has 96 valence electrons. The topological polar surface area (TPSA) is 17.1 Å². The average Bonchev–Trinajstić information content (AvgIpc) is 2.48. The smallest absolute Gasteiger partial charge is 0.123 e. The average molecular weight is 234 g/mol. The Morgan fingerprint density at radius 3 is 2.82 bits per heavy atom. The van der Waals surface area contributed by atoms with Crippen molar-refractivity contribution in [2.24, 2.45) is 29.6 Å². The number of fused-ring (bicyclic) bond motifs is 1. The fourth-order valence-electron chi connectivity index (χ4n) is 3.88. The first kappa shape index (κ1) is 12.9. The van der Waals surface area contributed by atoms with Gasteiger partial charge in [0.25, 0.3) is 0 Å². The maximum absolute atomic E-state index is 11.0. The molecule has 1 fully saturated rings. The van der Waals surface area contributed by atoms with E-state index in [1.807, 2.05) is 0 Å². The Labute approximate surface area is 106 Å². The van der Waals surface area contributed by atoms with Gasteiger partial charge in [-0.15, -0.1) is 0 Å². The van der Waals surface area contributed by atoms with E-state index in [2.05, 4.69) is 26.8 Å². The first-order chi connectivity index (χ1) is 8.11. The van der Waals surface area contributed by atoms with E-state index in [1.165, 1.54) is 32.1 Å². The minimum Gasteiger partial charge on any atom is -0.303 e. The monoisotopic (exact) mass is 234 g/mol. The molecule has 1 nitrogen and oxygen atoms in total. The summed E-state index contributed by atoms with van der Waals surface area (Å²) in [4.78, 5) is 11.0. The van der Waals surface area contributed by atoms with Gasteiger partial charge in [-0.2, -0.15) is 0 Å². The van der Waals surface area contributed by atoms with Crippen LogP contribution in [0.1, 0.15) is 52.9 Å². The number of hydrogen-bond donors (Lipinski definition) is 0. The van der Waals surface area contributed by atoms with Gasteiger partial charge in [0.15, 0.2) is 0 Å². The van der Waals surface area contributed by atoms with Gasteiger partial charge in [0, 0.05) is 5.92 Å². The van der Waals surface area contributed by atoms with Gasteiger partial charge in [0.05, 0.1) is 0 Å². The Kier molecular flexibility index (Phi) is 4.06. The Hall–Kier alpha value is -0.590. The SMILES string of the molecule is CC1=C[C@@H]2C[C@H](C(C)C=O)CC[C@@H](C)[C@@H]2CC1. The molecular formula is C16H26O. The lowest BCUT2D eigenvalue weighted by Crippen LogP contribution is -2.23. The molecule has 0 aromatic rings. The number of allylic oxidation sites excluding steroid dienone is 2. The van der Waals surface area contributed by atoms with Crippen molar-refractivity contribution in [3.63, 3.8) is 0 Å². The summed E-state index contributed by atoms with van der Waals surface area (Å²) in [6, 6.07) is 0. The zero-order valence-corrected chi connectivity index (χ0v) is 11.5. The number of hydrogen-bond acceptors (Lipinski definition) is 1. The van der Waals surface area contributed by atoms with Gasteiger partial charge in [0.2, 0.25) is 0 Å². The molecule has 0 amide bonds. The third-order valence-electron chi connectivity index (χ3n) is 5.18. The summed E-state index contributed by atoms with van der Waals surface area (Å²) >= 11 is 0. The molecule has 0 radical (unpaired) electrons. The molecule has 0 N–H and O–H groups in total. The lowest BCUT2D eigenvalue weighted by molar-refractivity contribution is -0.112. The lowest BCUT2D eigenvalue weighted by atomic mass is 9.73. The molecule has 1 saturated carbocycles. The minimum atomic E-state index is 0.247.